The minimum Gasteiger partial charge on any atom is -0.462 e. The number of nitrogens with one attached hydrogen (secondary N) is 1. The average Bonchev–Trinajstić information content (AvgIpc) is 3.24. The van der Waals surface area contributed by atoms with Crippen molar-refractivity contribution in [3.8, 4) is 0 Å². The zero-order valence-corrected chi connectivity index (χ0v) is 39.3. The van der Waals surface area contributed by atoms with E-state index in [4.69, 9.17) is 4.74 Å². The van der Waals surface area contributed by atoms with Crippen molar-refractivity contribution in [1.82, 2.24) is 5.32 Å². The second kappa shape index (κ2) is 47.4. The van der Waals surface area contributed by atoms with Crippen molar-refractivity contribution >= 4 is 11.9 Å². The molecule has 0 aromatic heterocycles. The number of amides is 1. The van der Waals surface area contributed by atoms with E-state index in [0.29, 0.717) is 25.7 Å². The van der Waals surface area contributed by atoms with E-state index in [1.807, 2.05) is 54.7 Å². The fraction of sp³-hybridized carbons (Fsp3) is 0.741. The van der Waals surface area contributed by atoms with Crippen LogP contribution < -0.4 is 5.32 Å². The molecule has 0 saturated carbocycles. The van der Waals surface area contributed by atoms with Crippen LogP contribution in [0.2, 0.25) is 0 Å². The van der Waals surface area contributed by atoms with Crippen LogP contribution >= 0.6 is 0 Å². The standard InChI is InChI=1S/C54H95NO5/c1-4-7-10-13-16-19-22-25-26-29-30-33-36-39-42-45-50(60-54(59)47-44-41-38-35-32-28-24-21-18-15-12-9-6-3)48-53(58)55-51(49-56)52(57)46-43-40-37-34-31-27-23-20-17-14-11-8-5-2/h9,12,15,18,21,24-26,28,32,35,38,50-52,56-57H,4-8,10-11,13-14,16-17,19-20,22-23,27,29-31,33-34,36-37,39-49H2,1-3H3,(H,55,58)/b12-9+,18-15+,24-21-,26-25+,32-28-,38-35+. The van der Waals surface area contributed by atoms with Gasteiger partial charge in [-0.3, -0.25) is 9.59 Å². The van der Waals surface area contributed by atoms with Crippen LogP contribution in [-0.2, 0) is 14.3 Å². The highest BCUT2D eigenvalue weighted by Crippen LogP contribution is 2.17. The predicted octanol–water partition coefficient (Wildman–Crippen LogP) is 15.0. The molecule has 0 aliphatic carbocycles. The third kappa shape index (κ3) is 42.0. The largest absolute Gasteiger partial charge is 0.462 e. The molecule has 0 saturated heterocycles. The normalized spacial score (nSPS) is 13.9. The first-order valence-corrected chi connectivity index (χ1v) is 25.2. The minimum atomic E-state index is -0.804. The Balaban J connectivity index is 4.71. The van der Waals surface area contributed by atoms with Crippen LogP contribution in [-0.4, -0.2) is 46.9 Å². The smallest absolute Gasteiger partial charge is 0.306 e. The molecule has 3 unspecified atom stereocenters. The molecule has 60 heavy (non-hydrogen) atoms. The first kappa shape index (κ1) is 57.3. The number of unbranched alkanes of at least 4 members (excludes halogenated alkanes) is 24. The molecule has 0 rings (SSSR count). The van der Waals surface area contributed by atoms with E-state index in [1.165, 1.54) is 122 Å². The lowest BCUT2D eigenvalue weighted by molar-refractivity contribution is -0.151. The highest BCUT2D eigenvalue weighted by Gasteiger charge is 2.24. The Morgan fingerprint density at radius 2 is 0.917 bits per heavy atom. The Labute approximate surface area is 371 Å². The number of hydrogen-bond donors (Lipinski definition) is 3. The van der Waals surface area contributed by atoms with Crippen molar-refractivity contribution in [3.05, 3.63) is 72.9 Å². The van der Waals surface area contributed by atoms with Crippen molar-refractivity contribution in [3.63, 3.8) is 0 Å². The number of aliphatic hydroxyl groups is 2. The quantitative estimate of drug-likeness (QED) is 0.0246. The SMILES string of the molecule is CC/C=C/C=C/C=C\C=C/C=C/CCCC(=O)OC(CCCCCCC/C=C/CCCCCCCC)CC(=O)NC(CO)C(O)CCCCCCCCCCCCCCC. The molecule has 0 spiro atoms. The molecule has 3 N–H and O–H groups in total. The lowest BCUT2D eigenvalue weighted by atomic mass is 10.0. The topological polar surface area (TPSA) is 95.9 Å². The molecule has 0 aromatic carbocycles. The van der Waals surface area contributed by atoms with E-state index < -0.39 is 18.2 Å². The van der Waals surface area contributed by atoms with Gasteiger partial charge < -0.3 is 20.3 Å². The number of carbonyl (C=O) groups is 2. The maximum Gasteiger partial charge on any atom is 0.306 e. The Hall–Kier alpha value is -2.70. The van der Waals surface area contributed by atoms with Crippen LogP contribution in [0, 0.1) is 0 Å². The molecule has 1 amide bonds. The summed E-state index contributed by atoms with van der Waals surface area (Å²) in [5.41, 5.74) is 0. The number of esters is 1. The van der Waals surface area contributed by atoms with Gasteiger partial charge in [0, 0.05) is 6.42 Å². The monoisotopic (exact) mass is 838 g/mol. The molecule has 346 valence electrons. The number of carbonyl (C=O) groups excluding carboxylic acids is 2. The van der Waals surface area contributed by atoms with Crippen LogP contribution in [0.1, 0.15) is 233 Å². The van der Waals surface area contributed by atoms with E-state index >= 15 is 0 Å². The fourth-order valence-corrected chi connectivity index (χ4v) is 7.34. The summed E-state index contributed by atoms with van der Waals surface area (Å²) in [6.07, 6.45) is 59.6. The Bertz CT molecular complexity index is 1120. The summed E-state index contributed by atoms with van der Waals surface area (Å²) in [6.45, 7) is 6.31. The molecule has 0 fully saturated rings. The van der Waals surface area contributed by atoms with Gasteiger partial charge in [-0.05, 0) is 64.2 Å². The van der Waals surface area contributed by atoms with Gasteiger partial charge in [0.05, 0.1) is 25.2 Å². The van der Waals surface area contributed by atoms with Crippen LogP contribution in [0.25, 0.3) is 0 Å². The summed E-state index contributed by atoms with van der Waals surface area (Å²) >= 11 is 0. The predicted molar refractivity (Wildman–Crippen MR) is 259 cm³/mol. The summed E-state index contributed by atoms with van der Waals surface area (Å²) in [7, 11) is 0. The minimum absolute atomic E-state index is 0.0411. The third-order valence-corrected chi connectivity index (χ3v) is 11.1. The number of rotatable bonds is 44. The zero-order chi connectivity index (χ0) is 43.8. The number of aliphatic hydroxyl groups excluding tert-OH is 2. The van der Waals surface area contributed by atoms with Gasteiger partial charge in [-0.2, -0.15) is 0 Å². The molecule has 0 aliphatic rings. The zero-order valence-electron chi connectivity index (χ0n) is 39.3. The Morgan fingerprint density at radius 1 is 0.500 bits per heavy atom. The van der Waals surface area contributed by atoms with Crippen molar-refractivity contribution in [2.75, 3.05) is 6.61 Å². The summed E-state index contributed by atoms with van der Waals surface area (Å²) in [6, 6.07) is -0.721. The van der Waals surface area contributed by atoms with Gasteiger partial charge in [0.1, 0.15) is 6.10 Å². The summed E-state index contributed by atoms with van der Waals surface area (Å²) in [5.74, 6) is -0.571. The molecular formula is C54H95NO5. The molecule has 6 heteroatoms. The first-order valence-electron chi connectivity index (χ1n) is 25.2. The molecule has 0 aromatic rings. The molecule has 0 bridgehead atoms. The van der Waals surface area contributed by atoms with Crippen molar-refractivity contribution in [2.24, 2.45) is 0 Å². The molecule has 6 nitrogen and oxygen atoms in total. The highest BCUT2D eigenvalue weighted by molar-refractivity contribution is 5.77. The van der Waals surface area contributed by atoms with Crippen LogP contribution in [0.4, 0.5) is 0 Å². The lowest BCUT2D eigenvalue weighted by Crippen LogP contribution is -2.46. The number of hydrogen-bond acceptors (Lipinski definition) is 5. The van der Waals surface area contributed by atoms with Crippen LogP contribution in [0.5, 0.6) is 0 Å². The highest BCUT2D eigenvalue weighted by atomic mass is 16.5. The van der Waals surface area contributed by atoms with Crippen molar-refractivity contribution in [2.45, 2.75) is 251 Å². The van der Waals surface area contributed by atoms with Gasteiger partial charge >= 0.3 is 5.97 Å². The van der Waals surface area contributed by atoms with E-state index in [0.717, 1.165) is 57.8 Å². The van der Waals surface area contributed by atoms with Crippen molar-refractivity contribution in [1.29, 1.82) is 0 Å². The third-order valence-electron chi connectivity index (χ3n) is 11.1. The van der Waals surface area contributed by atoms with E-state index in [-0.39, 0.29) is 24.9 Å². The Morgan fingerprint density at radius 3 is 1.40 bits per heavy atom. The van der Waals surface area contributed by atoms with Crippen LogP contribution in [0.15, 0.2) is 72.9 Å². The maximum atomic E-state index is 13.2. The van der Waals surface area contributed by atoms with Gasteiger partial charge in [0.2, 0.25) is 5.91 Å². The average molecular weight is 838 g/mol. The molecule has 0 heterocycles. The van der Waals surface area contributed by atoms with Gasteiger partial charge in [0.15, 0.2) is 0 Å². The number of ether oxygens (including phenoxy) is 1. The van der Waals surface area contributed by atoms with Crippen LogP contribution in [0.3, 0.4) is 0 Å². The molecule has 0 radical (unpaired) electrons. The van der Waals surface area contributed by atoms with Crippen molar-refractivity contribution < 1.29 is 24.5 Å². The van der Waals surface area contributed by atoms with E-state index in [2.05, 4.69) is 44.3 Å². The number of allylic oxidation sites excluding steroid dienone is 12. The molecule has 3 atom stereocenters. The second-order valence-electron chi connectivity index (χ2n) is 17.0. The van der Waals surface area contributed by atoms with Gasteiger partial charge in [-0.1, -0.05) is 229 Å². The first-order chi connectivity index (χ1) is 29.5. The van der Waals surface area contributed by atoms with E-state index in [9.17, 15) is 19.8 Å². The van der Waals surface area contributed by atoms with Gasteiger partial charge in [-0.25, -0.2) is 0 Å². The fourth-order valence-electron chi connectivity index (χ4n) is 7.34. The Kier molecular flexibility index (Phi) is 45.2. The molecule has 0 aliphatic heterocycles. The summed E-state index contributed by atoms with van der Waals surface area (Å²) in [4.78, 5) is 26.1. The molecular weight excluding hydrogens is 743 g/mol. The maximum absolute atomic E-state index is 13.2. The second-order valence-corrected chi connectivity index (χ2v) is 17.0. The van der Waals surface area contributed by atoms with Gasteiger partial charge in [-0.15, -0.1) is 0 Å². The van der Waals surface area contributed by atoms with Gasteiger partial charge in [0.25, 0.3) is 0 Å². The van der Waals surface area contributed by atoms with E-state index in [1.54, 1.807) is 0 Å². The lowest BCUT2D eigenvalue weighted by Gasteiger charge is -2.24. The summed E-state index contributed by atoms with van der Waals surface area (Å²) < 4.78 is 5.88. The summed E-state index contributed by atoms with van der Waals surface area (Å²) in [5, 5.41) is 23.7.